The van der Waals surface area contributed by atoms with Crippen molar-refractivity contribution in [3.63, 3.8) is 0 Å². The normalized spacial score (nSPS) is 10.3. The lowest BCUT2D eigenvalue weighted by atomic mass is 10.1. The van der Waals surface area contributed by atoms with E-state index in [0.29, 0.717) is 29.4 Å². The van der Waals surface area contributed by atoms with Crippen LogP contribution < -0.4 is 14.2 Å². The summed E-state index contributed by atoms with van der Waals surface area (Å²) >= 11 is 2.23. The molecule has 0 aliphatic carbocycles. The van der Waals surface area contributed by atoms with Crippen molar-refractivity contribution in [3.05, 3.63) is 50.6 Å². The van der Waals surface area contributed by atoms with Crippen LogP contribution in [0.15, 0.2) is 30.3 Å². The molecule has 0 saturated heterocycles. The summed E-state index contributed by atoms with van der Waals surface area (Å²) in [4.78, 5) is 11.3. The van der Waals surface area contributed by atoms with Crippen molar-refractivity contribution in [3.8, 4) is 17.2 Å². The van der Waals surface area contributed by atoms with Crippen LogP contribution in [0.2, 0.25) is 0 Å². The SMILES string of the molecule is COc1cc(C(=O)O)c(C)c(OC)c1OCc1cccc(I)c1. The van der Waals surface area contributed by atoms with Gasteiger partial charge in [0.1, 0.15) is 6.61 Å². The molecule has 0 aromatic heterocycles. The highest BCUT2D eigenvalue weighted by Crippen LogP contribution is 2.42. The van der Waals surface area contributed by atoms with E-state index in [9.17, 15) is 9.90 Å². The summed E-state index contributed by atoms with van der Waals surface area (Å²) in [6.45, 7) is 2.01. The van der Waals surface area contributed by atoms with Crippen molar-refractivity contribution in [2.45, 2.75) is 13.5 Å². The second kappa shape index (κ2) is 7.54. The van der Waals surface area contributed by atoms with Crippen LogP contribution in [0.4, 0.5) is 0 Å². The van der Waals surface area contributed by atoms with Gasteiger partial charge in [-0.05, 0) is 53.3 Å². The number of carbonyl (C=O) groups is 1. The zero-order valence-electron chi connectivity index (χ0n) is 13.1. The fraction of sp³-hybridized carbons (Fsp3) is 0.235. The molecule has 0 spiro atoms. The van der Waals surface area contributed by atoms with Gasteiger partial charge >= 0.3 is 5.97 Å². The number of benzene rings is 2. The van der Waals surface area contributed by atoms with Gasteiger partial charge in [-0.15, -0.1) is 0 Å². The first-order chi connectivity index (χ1) is 11.0. The Labute approximate surface area is 148 Å². The molecule has 5 nitrogen and oxygen atoms in total. The van der Waals surface area contributed by atoms with Gasteiger partial charge in [0, 0.05) is 9.13 Å². The highest BCUT2D eigenvalue weighted by atomic mass is 127. The molecule has 0 fully saturated rings. The number of ether oxygens (including phenoxy) is 3. The van der Waals surface area contributed by atoms with Crippen molar-refractivity contribution in [1.29, 1.82) is 0 Å². The van der Waals surface area contributed by atoms with E-state index in [2.05, 4.69) is 22.6 Å². The average Bonchev–Trinajstić information content (AvgIpc) is 2.52. The van der Waals surface area contributed by atoms with Crippen molar-refractivity contribution in [2.75, 3.05) is 14.2 Å². The molecular formula is C17H17IO5. The minimum absolute atomic E-state index is 0.125. The van der Waals surface area contributed by atoms with Crippen molar-refractivity contribution < 1.29 is 24.1 Å². The fourth-order valence-corrected chi connectivity index (χ4v) is 2.86. The number of carboxylic acid groups (broad SMARTS) is 1. The molecule has 6 heteroatoms. The van der Waals surface area contributed by atoms with Gasteiger partial charge in [0.15, 0.2) is 11.5 Å². The van der Waals surface area contributed by atoms with E-state index < -0.39 is 5.97 Å². The maximum atomic E-state index is 11.3. The van der Waals surface area contributed by atoms with Crippen LogP contribution in [0.1, 0.15) is 21.5 Å². The van der Waals surface area contributed by atoms with Gasteiger partial charge in [-0.2, -0.15) is 0 Å². The molecule has 0 saturated carbocycles. The molecule has 2 aromatic carbocycles. The Morgan fingerprint density at radius 3 is 2.48 bits per heavy atom. The Balaban J connectivity index is 2.40. The molecule has 122 valence electrons. The number of carboxylic acids is 1. The number of aromatic carboxylic acids is 1. The summed E-state index contributed by atoms with van der Waals surface area (Å²) in [7, 11) is 2.94. The topological polar surface area (TPSA) is 65.0 Å². The second-order valence-corrected chi connectivity index (χ2v) is 6.08. The van der Waals surface area contributed by atoms with Crippen molar-refractivity contribution >= 4 is 28.6 Å². The van der Waals surface area contributed by atoms with E-state index in [1.165, 1.54) is 20.3 Å². The van der Waals surface area contributed by atoms with E-state index >= 15 is 0 Å². The number of rotatable bonds is 6. The summed E-state index contributed by atoms with van der Waals surface area (Å²) in [6.07, 6.45) is 0. The molecule has 0 unspecified atom stereocenters. The molecule has 0 aliphatic heterocycles. The fourth-order valence-electron chi connectivity index (χ4n) is 2.25. The summed E-state index contributed by atoms with van der Waals surface area (Å²) in [6, 6.07) is 9.37. The Bertz CT molecular complexity index is 727. The molecule has 0 radical (unpaired) electrons. The molecule has 2 aromatic rings. The van der Waals surface area contributed by atoms with Crippen molar-refractivity contribution in [2.24, 2.45) is 0 Å². The maximum Gasteiger partial charge on any atom is 0.336 e. The third-order valence-corrected chi connectivity index (χ3v) is 4.05. The quantitative estimate of drug-likeness (QED) is 0.708. The van der Waals surface area contributed by atoms with Crippen LogP contribution in [-0.2, 0) is 6.61 Å². The lowest BCUT2D eigenvalue weighted by molar-refractivity contribution is 0.0695. The largest absolute Gasteiger partial charge is 0.493 e. The Hall–Kier alpha value is -1.96. The van der Waals surface area contributed by atoms with Gasteiger partial charge in [0.2, 0.25) is 5.75 Å². The monoisotopic (exact) mass is 428 g/mol. The van der Waals surface area contributed by atoms with Gasteiger partial charge in [-0.1, -0.05) is 12.1 Å². The number of hydrogen-bond acceptors (Lipinski definition) is 4. The van der Waals surface area contributed by atoms with E-state index in [-0.39, 0.29) is 5.56 Å². The molecule has 2 rings (SSSR count). The predicted molar refractivity (Wildman–Crippen MR) is 94.7 cm³/mol. The highest BCUT2D eigenvalue weighted by molar-refractivity contribution is 14.1. The van der Waals surface area contributed by atoms with Crippen molar-refractivity contribution in [1.82, 2.24) is 0 Å². The van der Waals surface area contributed by atoms with Crippen LogP contribution >= 0.6 is 22.6 Å². The smallest absolute Gasteiger partial charge is 0.336 e. The first-order valence-electron chi connectivity index (χ1n) is 6.84. The lowest BCUT2D eigenvalue weighted by Crippen LogP contribution is -2.06. The third-order valence-electron chi connectivity index (χ3n) is 3.38. The molecule has 0 heterocycles. The molecule has 1 N–H and O–H groups in total. The van der Waals surface area contributed by atoms with Gasteiger partial charge < -0.3 is 19.3 Å². The summed E-state index contributed by atoms with van der Waals surface area (Å²) < 4.78 is 17.6. The second-order valence-electron chi connectivity index (χ2n) is 4.84. The number of halogens is 1. The minimum atomic E-state index is -1.04. The maximum absolute atomic E-state index is 11.3. The Morgan fingerprint density at radius 1 is 1.17 bits per heavy atom. The van der Waals surface area contributed by atoms with Gasteiger partial charge in [0.05, 0.1) is 19.8 Å². The van der Waals surface area contributed by atoms with Gasteiger partial charge in [-0.3, -0.25) is 0 Å². The zero-order valence-corrected chi connectivity index (χ0v) is 15.2. The first kappa shape index (κ1) is 17.4. The molecule has 0 aliphatic rings. The van der Waals surface area contributed by atoms with Crippen LogP contribution in [0.25, 0.3) is 0 Å². The summed E-state index contributed by atoms with van der Waals surface area (Å²) in [5.41, 5.74) is 1.62. The van der Waals surface area contributed by atoms with Gasteiger partial charge in [-0.25, -0.2) is 4.79 Å². The summed E-state index contributed by atoms with van der Waals surface area (Å²) in [5, 5.41) is 9.28. The Kier molecular flexibility index (Phi) is 5.70. The van der Waals surface area contributed by atoms with Crippen LogP contribution in [0.5, 0.6) is 17.2 Å². The molecular weight excluding hydrogens is 411 g/mol. The molecule has 0 bridgehead atoms. The average molecular weight is 428 g/mol. The number of hydrogen-bond donors (Lipinski definition) is 1. The van der Waals surface area contributed by atoms with E-state index in [0.717, 1.165) is 9.13 Å². The van der Waals surface area contributed by atoms with Crippen LogP contribution in [-0.4, -0.2) is 25.3 Å². The molecule has 0 atom stereocenters. The Morgan fingerprint density at radius 2 is 1.91 bits per heavy atom. The minimum Gasteiger partial charge on any atom is -0.493 e. The van der Waals surface area contributed by atoms with E-state index in [1.807, 2.05) is 24.3 Å². The number of methoxy groups -OCH3 is 2. The van der Waals surface area contributed by atoms with E-state index in [4.69, 9.17) is 14.2 Å². The summed E-state index contributed by atoms with van der Waals surface area (Å²) in [5.74, 6) is 0.0579. The van der Waals surface area contributed by atoms with Crippen LogP contribution in [0, 0.1) is 10.5 Å². The van der Waals surface area contributed by atoms with Crippen LogP contribution in [0.3, 0.4) is 0 Å². The predicted octanol–water partition coefficient (Wildman–Crippen LogP) is 3.89. The highest BCUT2D eigenvalue weighted by Gasteiger charge is 2.21. The van der Waals surface area contributed by atoms with Gasteiger partial charge in [0.25, 0.3) is 0 Å². The lowest BCUT2D eigenvalue weighted by Gasteiger charge is -2.18. The van der Waals surface area contributed by atoms with E-state index in [1.54, 1.807) is 6.92 Å². The molecule has 0 amide bonds. The zero-order chi connectivity index (χ0) is 17.0. The third kappa shape index (κ3) is 3.87. The standard InChI is InChI=1S/C17H17IO5/c1-10-13(17(19)20)8-14(21-2)16(15(10)22-3)23-9-11-5-4-6-12(18)7-11/h4-8H,9H2,1-3H3,(H,19,20). The molecule has 23 heavy (non-hydrogen) atoms. The first-order valence-corrected chi connectivity index (χ1v) is 7.92.